The molecule has 2 nitrogen and oxygen atoms in total. The molecular weight excluding hydrogens is 391 g/mol. The minimum atomic E-state index is -0.951. The van der Waals surface area contributed by atoms with E-state index in [0.717, 1.165) is 10.6 Å². The summed E-state index contributed by atoms with van der Waals surface area (Å²) in [6.07, 6.45) is 0. The van der Waals surface area contributed by atoms with Crippen LogP contribution < -0.4 is 10.6 Å². The SMILES string of the molecule is Oc1ccccc1P([Si]C(c1ccccc1)c1ccccc1)c1ccccc1O. The van der Waals surface area contributed by atoms with Crippen LogP contribution >= 0.6 is 7.47 Å². The van der Waals surface area contributed by atoms with Crippen molar-refractivity contribution in [3.63, 3.8) is 0 Å². The first kappa shape index (κ1) is 19.4. The number of hydrogen-bond acceptors (Lipinski definition) is 2. The zero-order valence-electron chi connectivity index (χ0n) is 15.8. The average Bonchev–Trinajstić information content (AvgIpc) is 2.77. The molecule has 0 saturated heterocycles. The van der Waals surface area contributed by atoms with Crippen LogP contribution in [0.25, 0.3) is 0 Å². The van der Waals surface area contributed by atoms with Crippen molar-refractivity contribution < 1.29 is 10.2 Å². The lowest BCUT2D eigenvalue weighted by Gasteiger charge is -2.26. The highest BCUT2D eigenvalue weighted by molar-refractivity contribution is 7.97. The van der Waals surface area contributed by atoms with Crippen LogP contribution in [0.2, 0.25) is 0 Å². The van der Waals surface area contributed by atoms with Gasteiger partial charge in [-0.15, -0.1) is 0 Å². The summed E-state index contributed by atoms with van der Waals surface area (Å²) >= 11 is 0. The van der Waals surface area contributed by atoms with Gasteiger partial charge >= 0.3 is 0 Å². The molecule has 0 spiro atoms. The zero-order valence-corrected chi connectivity index (χ0v) is 17.7. The summed E-state index contributed by atoms with van der Waals surface area (Å²) in [6.45, 7) is 0. The highest BCUT2D eigenvalue weighted by atomic mass is 31.4. The van der Waals surface area contributed by atoms with Gasteiger partial charge in [0.2, 0.25) is 0 Å². The third-order valence-corrected chi connectivity index (χ3v) is 10.7. The smallest absolute Gasteiger partial charge is 0.123 e. The fraction of sp³-hybridized carbons (Fsp3) is 0.0400. The number of aromatic hydroxyl groups is 2. The van der Waals surface area contributed by atoms with Crippen molar-refractivity contribution in [3.8, 4) is 11.5 Å². The number of phenols is 2. The Morgan fingerprint density at radius 1 is 0.517 bits per heavy atom. The highest BCUT2D eigenvalue weighted by Crippen LogP contribution is 2.43. The Labute approximate surface area is 174 Å². The van der Waals surface area contributed by atoms with E-state index < -0.39 is 7.47 Å². The summed E-state index contributed by atoms with van der Waals surface area (Å²) in [5.74, 6) is 0.573. The molecule has 0 amide bonds. The van der Waals surface area contributed by atoms with E-state index >= 15 is 0 Å². The van der Waals surface area contributed by atoms with Crippen LogP contribution in [0, 0.1) is 0 Å². The topological polar surface area (TPSA) is 40.5 Å². The van der Waals surface area contributed by atoms with Crippen molar-refractivity contribution in [2.75, 3.05) is 0 Å². The minimum absolute atomic E-state index is 0.183. The molecular formula is C25H21O2PSi. The summed E-state index contributed by atoms with van der Waals surface area (Å²) in [6, 6.07) is 36.0. The van der Waals surface area contributed by atoms with Gasteiger partial charge in [0.1, 0.15) is 20.7 Å². The average molecular weight is 413 g/mol. The number of hydrogen-bond donors (Lipinski definition) is 2. The molecule has 0 fully saturated rings. The van der Waals surface area contributed by atoms with Gasteiger partial charge in [-0.3, -0.25) is 0 Å². The molecule has 0 saturated carbocycles. The van der Waals surface area contributed by atoms with E-state index in [1.54, 1.807) is 12.1 Å². The quantitative estimate of drug-likeness (QED) is 0.348. The Kier molecular flexibility index (Phi) is 6.09. The van der Waals surface area contributed by atoms with E-state index in [-0.39, 0.29) is 17.0 Å². The Morgan fingerprint density at radius 2 is 0.897 bits per heavy atom. The molecule has 0 heterocycles. The molecule has 0 unspecified atom stereocenters. The molecule has 2 N–H and O–H groups in total. The third kappa shape index (κ3) is 4.42. The van der Waals surface area contributed by atoms with E-state index in [0.29, 0.717) is 9.19 Å². The Bertz CT molecular complexity index is 985. The van der Waals surface area contributed by atoms with Crippen molar-refractivity contribution in [3.05, 3.63) is 120 Å². The molecule has 29 heavy (non-hydrogen) atoms. The minimum Gasteiger partial charge on any atom is -0.507 e. The molecule has 0 aliphatic carbocycles. The van der Waals surface area contributed by atoms with E-state index in [1.165, 1.54) is 11.1 Å². The van der Waals surface area contributed by atoms with E-state index in [4.69, 9.17) is 0 Å². The number of rotatable bonds is 6. The lowest BCUT2D eigenvalue weighted by Crippen LogP contribution is -2.21. The molecule has 4 aromatic carbocycles. The second-order valence-corrected chi connectivity index (χ2v) is 11.3. The maximum absolute atomic E-state index is 10.6. The summed E-state index contributed by atoms with van der Waals surface area (Å²) in [4.78, 5) is 0. The predicted molar refractivity (Wildman–Crippen MR) is 123 cm³/mol. The zero-order chi connectivity index (χ0) is 20.1. The number of para-hydroxylation sites is 2. The first-order valence-electron chi connectivity index (χ1n) is 9.46. The van der Waals surface area contributed by atoms with E-state index in [9.17, 15) is 10.2 Å². The molecule has 0 aromatic heterocycles. The highest BCUT2D eigenvalue weighted by Gasteiger charge is 2.26. The largest absolute Gasteiger partial charge is 0.507 e. The van der Waals surface area contributed by atoms with E-state index in [2.05, 4.69) is 48.5 Å². The van der Waals surface area contributed by atoms with Gasteiger partial charge in [0.15, 0.2) is 0 Å². The van der Waals surface area contributed by atoms with Gasteiger partial charge in [-0.05, 0) is 23.3 Å². The van der Waals surface area contributed by atoms with Crippen LogP contribution in [-0.2, 0) is 0 Å². The van der Waals surface area contributed by atoms with Crippen molar-refractivity contribution in [1.82, 2.24) is 0 Å². The lowest BCUT2D eigenvalue weighted by atomic mass is 10.0. The van der Waals surface area contributed by atoms with Crippen LogP contribution in [0.4, 0.5) is 0 Å². The van der Waals surface area contributed by atoms with Crippen LogP contribution in [0.1, 0.15) is 16.7 Å². The molecule has 2 radical (unpaired) electrons. The fourth-order valence-electron chi connectivity index (χ4n) is 3.34. The first-order chi connectivity index (χ1) is 14.2. The van der Waals surface area contributed by atoms with Crippen molar-refractivity contribution in [1.29, 1.82) is 0 Å². The summed E-state index contributed by atoms with van der Waals surface area (Å²) in [5.41, 5.74) is 2.67. The maximum Gasteiger partial charge on any atom is 0.123 e. The van der Waals surface area contributed by atoms with Gasteiger partial charge in [0.25, 0.3) is 0 Å². The summed E-state index contributed by atoms with van der Waals surface area (Å²) in [5, 5.41) is 23.1. The van der Waals surface area contributed by atoms with Crippen LogP contribution in [0.5, 0.6) is 11.5 Å². The molecule has 0 aliphatic rings. The lowest BCUT2D eigenvalue weighted by molar-refractivity contribution is 0.479. The number of benzene rings is 4. The Balaban J connectivity index is 1.83. The standard InChI is InChI=1S/C25H21O2PSi/c26-21-15-7-9-17-23(21)28(24-18-10-8-16-22(24)27)29-25(19-11-3-1-4-12-19)20-13-5-2-6-14-20/h1-18,25-27H. The number of phenolic OH excluding ortho intramolecular Hbond substituents is 2. The molecule has 4 aromatic rings. The van der Waals surface area contributed by atoms with Gasteiger partial charge in [-0.1, -0.05) is 105 Å². The normalized spacial score (nSPS) is 11.1. The van der Waals surface area contributed by atoms with Crippen LogP contribution in [-0.4, -0.2) is 19.4 Å². The molecule has 0 atom stereocenters. The second kappa shape index (κ2) is 9.08. The van der Waals surface area contributed by atoms with Gasteiger partial charge in [0.05, 0.1) is 0 Å². The summed E-state index contributed by atoms with van der Waals surface area (Å²) < 4.78 is 0. The van der Waals surface area contributed by atoms with E-state index in [1.807, 2.05) is 48.5 Å². The maximum atomic E-state index is 10.6. The molecule has 142 valence electrons. The van der Waals surface area contributed by atoms with Crippen molar-refractivity contribution in [2.24, 2.45) is 0 Å². The monoisotopic (exact) mass is 412 g/mol. The fourth-order valence-corrected chi connectivity index (χ4v) is 9.53. The van der Waals surface area contributed by atoms with Crippen LogP contribution in [0.3, 0.4) is 0 Å². The summed E-state index contributed by atoms with van der Waals surface area (Å²) in [7, 11) is -0.490. The van der Waals surface area contributed by atoms with Crippen molar-refractivity contribution >= 4 is 27.3 Å². The molecule has 0 bridgehead atoms. The molecule has 4 heteroatoms. The first-order valence-corrected chi connectivity index (χ1v) is 12.7. The predicted octanol–water partition coefficient (Wildman–Crippen LogP) is 4.94. The van der Waals surface area contributed by atoms with Crippen LogP contribution in [0.15, 0.2) is 109 Å². The Morgan fingerprint density at radius 3 is 1.31 bits per heavy atom. The molecule has 4 rings (SSSR count). The Hall–Kier alpha value is -2.87. The second-order valence-electron chi connectivity index (χ2n) is 6.70. The molecule has 0 aliphatic heterocycles. The van der Waals surface area contributed by atoms with Gasteiger partial charge in [0, 0.05) is 16.2 Å². The third-order valence-electron chi connectivity index (χ3n) is 4.77. The van der Waals surface area contributed by atoms with Gasteiger partial charge in [-0.25, -0.2) is 0 Å². The van der Waals surface area contributed by atoms with Gasteiger partial charge in [-0.2, -0.15) is 0 Å². The van der Waals surface area contributed by atoms with Crippen molar-refractivity contribution in [2.45, 2.75) is 5.54 Å². The van der Waals surface area contributed by atoms with Gasteiger partial charge < -0.3 is 10.2 Å².